The zero-order chi connectivity index (χ0) is 10.3. The molecule has 0 heterocycles. The maximum atomic E-state index is 9.60. The van der Waals surface area contributed by atoms with Crippen LogP contribution in [-0.2, 0) is 0 Å². The third-order valence-corrected chi connectivity index (χ3v) is 2.63. The molecule has 0 unspecified atom stereocenters. The Bertz CT molecular complexity index is 306. The van der Waals surface area contributed by atoms with Gasteiger partial charge in [-0.05, 0) is 11.1 Å². The van der Waals surface area contributed by atoms with Crippen molar-refractivity contribution in [3.63, 3.8) is 0 Å². The molecule has 0 fully saturated rings. The van der Waals surface area contributed by atoms with Gasteiger partial charge in [0.05, 0.1) is 0 Å². The Morgan fingerprint density at radius 3 is 1.43 bits per heavy atom. The highest BCUT2D eigenvalue weighted by molar-refractivity contribution is 5.35. The predicted octanol–water partition coefficient (Wildman–Crippen LogP) is -0.511. The Morgan fingerprint density at radius 1 is 0.714 bits per heavy atom. The number of hydrogen-bond donors (Lipinski definition) is 4. The minimum absolute atomic E-state index is 0.470. The lowest BCUT2D eigenvalue weighted by Gasteiger charge is -2.34. The molecule has 4 nitrogen and oxygen atoms in total. The van der Waals surface area contributed by atoms with Gasteiger partial charge in [-0.2, -0.15) is 0 Å². The van der Waals surface area contributed by atoms with Crippen LogP contribution in [0.5, 0.6) is 0 Å². The molecule has 1 aliphatic carbocycles. The molecule has 1 aliphatic rings. The molecule has 0 saturated carbocycles. The summed E-state index contributed by atoms with van der Waals surface area (Å²) in [4.78, 5) is 0. The normalized spacial score (nSPS) is 36.6. The molecule has 0 aliphatic heterocycles. The van der Waals surface area contributed by atoms with Gasteiger partial charge in [0.25, 0.3) is 0 Å². The Kier molecular flexibility index (Phi) is 2.28. The van der Waals surface area contributed by atoms with Crippen LogP contribution in [0.15, 0.2) is 24.3 Å². The van der Waals surface area contributed by atoms with Crippen molar-refractivity contribution in [2.75, 3.05) is 0 Å². The summed E-state index contributed by atoms with van der Waals surface area (Å²) in [6, 6.07) is 6.66. The molecule has 4 N–H and O–H groups in total. The molecule has 4 heteroatoms. The van der Waals surface area contributed by atoms with Gasteiger partial charge in [-0.25, -0.2) is 0 Å². The van der Waals surface area contributed by atoms with E-state index in [9.17, 15) is 20.4 Å². The smallest absolute Gasteiger partial charge is 0.113 e. The topological polar surface area (TPSA) is 80.9 Å². The van der Waals surface area contributed by atoms with E-state index in [2.05, 4.69) is 0 Å². The predicted molar refractivity (Wildman–Crippen MR) is 48.4 cm³/mol. The molecule has 0 aromatic heterocycles. The van der Waals surface area contributed by atoms with Crippen LogP contribution in [0.4, 0.5) is 0 Å². The van der Waals surface area contributed by atoms with E-state index in [0.29, 0.717) is 11.1 Å². The van der Waals surface area contributed by atoms with Crippen molar-refractivity contribution in [3.8, 4) is 0 Å². The second-order valence-electron chi connectivity index (χ2n) is 3.50. The van der Waals surface area contributed by atoms with Crippen LogP contribution >= 0.6 is 0 Å². The van der Waals surface area contributed by atoms with E-state index in [4.69, 9.17) is 0 Å². The van der Waals surface area contributed by atoms with Gasteiger partial charge in [-0.15, -0.1) is 0 Å². The molecule has 0 spiro atoms. The summed E-state index contributed by atoms with van der Waals surface area (Å²) in [5.74, 6) is 0. The molecule has 0 amide bonds. The molecule has 1 aromatic rings. The van der Waals surface area contributed by atoms with Gasteiger partial charge < -0.3 is 20.4 Å². The van der Waals surface area contributed by atoms with Gasteiger partial charge in [0, 0.05) is 0 Å². The largest absolute Gasteiger partial charge is 0.387 e. The number of aliphatic hydroxyl groups is 4. The zero-order valence-corrected chi connectivity index (χ0v) is 7.41. The highest BCUT2D eigenvalue weighted by atomic mass is 16.4. The fraction of sp³-hybridized carbons (Fsp3) is 0.400. The van der Waals surface area contributed by atoms with Crippen molar-refractivity contribution in [2.45, 2.75) is 24.4 Å². The maximum Gasteiger partial charge on any atom is 0.113 e. The van der Waals surface area contributed by atoms with Crippen LogP contribution in [0, 0.1) is 0 Å². The summed E-state index contributed by atoms with van der Waals surface area (Å²) < 4.78 is 0. The molecule has 0 saturated heterocycles. The highest BCUT2D eigenvalue weighted by Gasteiger charge is 2.39. The first-order chi connectivity index (χ1) is 6.63. The molecular weight excluding hydrogens is 184 g/mol. The van der Waals surface area contributed by atoms with Crippen molar-refractivity contribution in [1.29, 1.82) is 0 Å². The third kappa shape index (κ3) is 1.24. The molecule has 0 radical (unpaired) electrons. The molecule has 76 valence electrons. The SMILES string of the molecule is O[C@@H]1[C@H](O)[C@@H](O)c2ccccc2[C@@H]1O. The summed E-state index contributed by atoms with van der Waals surface area (Å²) in [5.41, 5.74) is 0.940. The van der Waals surface area contributed by atoms with Crippen LogP contribution in [0.3, 0.4) is 0 Å². The Balaban J connectivity index is 2.51. The quantitative estimate of drug-likeness (QED) is 0.450. The van der Waals surface area contributed by atoms with Gasteiger partial charge in [0.15, 0.2) is 0 Å². The number of fused-ring (bicyclic) bond motifs is 1. The molecule has 2 rings (SSSR count). The fourth-order valence-electron chi connectivity index (χ4n) is 1.79. The minimum Gasteiger partial charge on any atom is -0.387 e. The van der Waals surface area contributed by atoms with Crippen molar-refractivity contribution >= 4 is 0 Å². The molecule has 0 bridgehead atoms. The second-order valence-corrected chi connectivity index (χ2v) is 3.50. The average molecular weight is 196 g/mol. The minimum atomic E-state index is -1.33. The van der Waals surface area contributed by atoms with Crippen LogP contribution < -0.4 is 0 Å². The van der Waals surface area contributed by atoms with Crippen molar-refractivity contribution in [2.24, 2.45) is 0 Å². The monoisotopic (exact) mass is 196 g/mol. The maximum absolute atomic E-state index is 9.60. The van der Waals surface area contributed by atoms with Gasteiger partial charge in [0.2, 0.25) is 0 Å². The van der Waals surface area contributed by atoms with E-state index < -0.39 is 24.4 Å². The molecule has 1 aromatic carbocycles. The Labute approximate surface area is 81.1 Å². The van der Waals surface area contributed by atoms with Crippen LogP contribution in [0.2, 0.25) is 0 Å². The fourth-order valence-corrected chi connectivity index (χ4v) is 1.79. The zero-order valence-electron chi connectivity index (χ0n) is 7.41. The lowest BCUT2D eigenvalue weighted by Crippen LogP contribution is -2.41. The number of hydrogen-bond acceptors (Lipinski definition) is 4. The van der Waals surface area contributed by atoms with Crippen LogP contribution in [-0.4, -0.2) is 32.6 Å². The van der Waals surface area contributed by atoms with Gasteiger partial charge in [0.1, 0.15) is 24.4 Å². The first kappa shape index (κ1) is 9.61. The number of aliphatic hydroxyl groups excluding tert-OH is 4. The van der Waals surface area contributed by atoms with E-state index >= 15 is 0 Å². The van der Waals surface area contributed by atoms with E-state index in [-0.39, 0.29) is 0 Å². The van der Waals surface area contributed by atoms with E-state index in [1.807, 2.05) is 0 Å². The Hall–Kier alpha value is -0.940. The first-order valence-corrected chi connectivity index (χ1v) is 4.44. The molecular formula is C10H12O4. The van der Waals surface area contributed by atoms with Gasteiger partial charge in [-0.3, -0.25) is 0 Å². The number of benzene rings is 1. The second kappa shape index (κ2) is 3.33. The van der Waals surface area contributed by atoms with Crippen molar-refractivity contribution in [3.05, 3.63) is 35.4 Å². The lowest BCUT2D eigenvalue weighted by atomic mass is 9.83. The highest BCUT2D eigenvalue weighted by Crippen LogP contribution is 2.36. The first-order valence-electron chi connectivity index (χ1n) is 4.44. The summed E-state index contributed by atoms with van der Waals surface area (Å²) in [6.07, 6.45) is -4.94. The van der Waals surface area contributed by atoms with Gasteiger partial charge in [-0.1, -0.05) is 24.3 Å². The van der Waals surface area contributed by atoms with Crippen molar-refractivity contribution < 1.29 is 20.4 Å². The average Bonchev–Trinajstić information content (AvgIpc) is 2.23. The van der Waals surface area contributed by atoms with E-state index in [0.717, 1.165) is 0 Å². The summed E-state index contributed by atoms with van der Waals surface area (Å²) in [6.45, 7) is 0. The van der Waals surface area contributed by atoms with Crippen molar-refractivity contribution in [1.82, 2.24) is 0 Å². The summed E-state index contributed by atoms with van der Waals surface area (Å²) in [7, 11) is 0. The van der Waals surface area contributed by atoms with E-state index in [1.54, 1.807) is 24.3 Å². The Morgan fingerprint density at radius 2 is 1.07 bits per heavy atom. The molecule has 14 heavy (non-hydrogen) atoms. The summed E-state index contributed by atoms with van der Waals surface area (Å²) >= 11 is 0. The third-order valence-electron chi connectivity index (χ3n) is 2.63. The summed E-state index contributed by atoms with van der Waals surface area (Å²) in [5, 5.41) is 38.0. The van der Waals surface area contributed by atoms with Crippen LogP contribution in [0.1, 0.15) is 23.3 Å². The standard InChI is InChI=1S/C10H12O4/c11-7-5-3-1-2-4-6(5)8(12)10(14)9(7)13/h1-4,7-14H/t7-,8-,9-,10+/m0/s1. The lowest BCUT2D eigenvalue weighted by molar-refractivity contribution is -0.120. The van der Waals surface area contributed by atoms with E-state index in [1.165, 1.54) is 0 Å². The number of rotatable bonds is 0. The molecule has 4 atom stereocenters. The van der Waals surface area contributed by atoms with Gasteiger partial charge >= 0.3 is 0 Å². The van der Waals surface area contributed by atoms with Crippen LogP contribution in [0.25, 0.3) is 0 Å².